The average Bonchev–Trinajstić information content (AvgIpc) is 2.36. The predicted molar refractivity (Wildman–Crippen MR) is 41.1 cm³/mol. The lowest BCUT2D eigenvalue weighted by atomic mass is 10.2. The van der Waals surface area contributed by atoms with Crippen molar-refractivity contribution >= 4 is 23.8 Å². The Labute approximate surface area is 63.6 Å². The Morgan fingerprint density at radius 2 is 2.60 bits per heavy atom. The van der Waals surface area contributed by atoms with Crippen molar-refractivity contribution in [1.82, 2.24) is 0 Å². The molecular formula is C7H8NOS+. The van der Waals surface area contributed by atoms with Crippen LogP contribution in [0.15, 0.2) is 11.6 Å². The Morgan fingerprint density at radius 1 is 1.70 bits per heavy atom. The second kappa shape index (κ2) is 2.23. The lowest BCUT2D eigenvalue weighted by Gasteiger charge is -2.07. The van der Waals surface area contributed by atoms with Crippen LogP contribution in [0.1, 0.15) is 12.8 Å². The molecule has 2 nitrogen and oxygen atoms in total. The highest BCUT2D eigenvalue weighted by molar-refractivity contribution is 8.03. The van der Waals surface area contributed by atoms with Crippen molar-refractivity contribution in [3.8, 4) is 0 Å². The van der Waals surface area contributed by atoms with Crippen molar-refractivity contribution in [3.05, 3.63) is 11.6 Å². The molecule has 0 N–H and O–H groups in total. The normalized spacial score (nSPS) is 30.2. The third-order valence-electron chi connectivity index (χ3n) is 1.72. The summed E-state index contributed by atoms with van der Waals surface area (Å²) in [4.78, 5) is 11.2. The molecule has 3 heteroatoms. The van der Waals surface area contributed by atoms with Gasteiger partial charge < -0.3 is 0 Å². The maximum Gasteiger partial charge on any atom is 0.266 e. The van der Waals surface area contributed by atoms with E-state index in [2.05, 4.69) is 6.21 Å². The van der Waals surface area contributed by atoms with E-state index in [0.717, 1.165) is 12.8 Å². The summed E-state index contributed by atoms with van der Waals surface area (Å²) in [7, 11) is 0. The molecule has 0 aromatic heterocycles. The molecule has 1 unspecified atom stereocenters. The number of Topliss-reactive ketones (excluding diaryl/α,β-unsaturated/α-hetero) is 1. The van der Waals surface area contributed by atoms with E-state index in [-0.39, 0.29) is 5.37 Å². The van der Waals surface area contributed by atoms with Crippen molar-refractivity contribution in [2.45, 2.75) is 18.2 Å². The summed E-state index contributed by atoms with van der Waals surface area (Å²) in [5, 5.41) is 2.05. The highest BCUT2D eigenvalue weighted by Gasteiger charge is 2.34. The first-order valence-corrected chi connectivity index (χ1v) is 4.28. The minimum atomic E-state index is 0.0775. The van der Waals surface area contributed by atoms with Crippen LogP contribution in [-0.2, 0) is 4.79 Å². The van der Waals surface area contributed by atoms with E-state index in [1.807, 2.05) is 16.2 Å². The topological polar surface area (TPSA) is 20.1 Å². The molecule has 0 amide bonds. The molecule has 2 rings (SSSR count). The largest absolute Gasteiger partial charge is 0.291 e. The van der Waals surface area contributed by atoms with Crippen molar-refractivity contribution in [2.75, 3.05) is 0 Å². The van der Waals surface area contributed by atoms with Crippen LogP contribution in [-0.4, -0.2) is 21.9 Å². The van der Waals surface area contributed by atoms with Crippen molar-refractivity contribution in [2.24, 2.45) is 0 Å². The standard InChI is InChI=1S/C7H8NOS/c9-6-2-1-3-8-4-5-10-7(6)8/h3-5,7H,1-2H2/q+1. The van der Waals surface area contributed by atoms with Gasteiger partial charge >= 0.3 is 0 Å². The van der Waals surface area contributed by atoms with Gasteiger partial charge in [0.15, 0.2) is 6.20 Å². The lowest BCUT2D eigenvalue weighted by Crippen LogP contribution is -2.29. The van der Waals surface area contributed by atoms with Gasteiger partial charge in [0.2, 0.25) is 5.78 Å². The summed E-state index contributed by atoms with van der Waals surface area (Å²) in [5.74, 6) is 0.359. The summed E-state index contributed by atoms with van der Waals surface area (Å²) in [6.45, 7) is 0. The third kappa shape index (κ3) is 0.814. The Kier molecular flexibility index (Phi) is 1.38. The van der Waals surface area contributed by atoms with Gasteiger partial charge in [0.1, 0.15) is 6.21 Å². The Morgan fingerprint density at radius 3 is 3.40 bits per heavy atom. The van der Waals surface area contributed by atoms with Crippen LogP contribution in [0.3, 0.4) is 0 Å². The molecule has 2 aliphatic rings. The van der Waals surface area contributed by atoms with E-state index in [9.17, 15) is 4.79 Å². The molecule has 0 aromatic carbocycles. The molecule has 2 heterocycles. The first-order valence-electron chi connectivity index (χ1n) is 3.33. The maximum absolute atomic E-state index is 11.2. The van der Waals surface area contributed by atoms with Gasteiger partial charge in [-0.3, -0.25) is 4.79 Å². The molecule has 0 aromatic rings. The zero-order chi connectivity index (χ0) is 6.97. The molecule has 0 aliphatic carbocycles. The van der Waals surface area contributed by atoms with E-state index >= 15 is 0 Å². The molecule has 10 heavy (non-hydrogen) atoms. The molecule has 1 atom stereocenters. The number of hydrogen-bond donors (Lipinski definition) is 0. The number of fused-ring (bicyclic) bond motifs is 1. The van der Waals surface area contributed by atoms with Crippen LogP contribution in [0, 0.1) is 0 Å². The summed E-state index contributed by atoms with van der Waals surface area (Å²) in [6.07, 6.45) is 5.67. The fourth-order valence-electron chi connectivity index (χ4n) is 1.21. The quantitative estimate of drug-likeness (QED) is 0.485. The van der Waals surface area contributed by atoms with E-state index in [1.165, 1.54) is 0 Å². The van der Waals surface area contributed by atoms with E-state index < -0.39 is 0 Å². The summed E-state index contributed by atoms with van der Waals surface area (Å²) in [6, 6.07) is 0. The Balaban J connectivity index is 2.32. The first kappa shape index (κ1) is 6.16. The summed E-state index contributed by atoms with van der Waals surface area (Å²) in [5.41, 5.74) is 0. The highest BCUT2D eigenvalue weighted by Crippen LogP contribution is 2.25. The predicted octanol–water partition coefficient (Wildman–Crippen LogP) is 0.977. The van der Waals surface area contributed by atoms with Crippen molar-refractivity contribution < 1.29 is 9.37 Å². The van der Waals surface area contributed by atoms with Crippen molar-refractivity contribution in [3.63, 3.8) is 0 Å². The fourth-order valence-corrected chi connectivity index (χ4v) is 2.13. The number of nitrogens with zero attached hydrogens (tertiary/aromatic N) is 1. The molecule has 0 radical (unpaired) electrons. The molecule has 52 valence electrons. The lowest BCUT2D eigenvalue weighted by molar-refractivity contribution is -0.454. The number of carbonyl (C=O) groups is 1. The van der Waals surface area contributed by atoms with Gasteiger partial charge in [-0.05, 0) is 11.8 Å². The van der Waals surface area contributed by atoms with Gasteiger partial charge in [-0.15, -0.1) is 0 Å². The molecule has 2 aliphatic heterocycles. The minimum Gasteiger partial charge on any atom is -0.291 e. The van der Waals surface area contributed by atoms with Crippen molar-refractivity contribution in [1.29, 1.82) is 0 Å². The Bertz CT molecular complexity index is 232. The second-order valence-electron chi connectivity index (χ2n) is 2.41. The first-order chi connectivity index (χ1) is 4.88. The molecule has 0 fully saturated rings. The highest BCUT2D eigenvalue weighted by atomic mass is 32.2. The molecule has 0 saturated carbocycles. The van der Waals surface area contributed by atoms with Gasteiger partial charge in [0, 0.05) is 18.2 Å². The van der Waals surface area contributed by atoms with E-state index in [1.54, 1.807) is 11.8 Å². The van der Waals surface area contributed by atoms with Crippen LogP contribution in [0.4, 0.5) is 0 Å². The van der Waals surface area contributed by atoms with Crippen LogP contribution in [0.2, 0.25) is 0 Å². The zero-order valence-corrected chi connectivity index (χ0v) is 6.30. The van der Waals surface area contributed by atoms with E-state index in [4.69, 9.17) is 0 Å². The Hall–Kier alpha value is -0.570. The van der Waals surface area contributed by atoms with Gasteiger partial charge in [0.25, 0.3) is 5.37 Å². The summed E-state index contributed by atoms with van der Waals surface area (Å²) >= 11 is 1.60. The molecular weight excluding hydrogens is 146 g/mol. The minimum absolute atomic E-state index is 0.0775. The molecule has 0 bridgehead atoms. The maximum atomic E-state index is 11.2. The number of ketones is 1. The van der Waals surface area contributed by atoms with Crippen LogP contribution in [0.25, 0.3) is 0 Å². The number of rotatable bonds is 0. The fraction of sp³-hybridized carbons (Fsp3) is 0.429. The number of hydrogen-bond acceptors (Lipinski definition) is 2. The monoisotopic (exact) mass is 154 g/mol. The number of carbonyl (C=O) groups excluding carboxylic acids is 1. The number of thioether (sulfide) groups is 1. The van der Waals surface area contributed by atoms with Crippen LogP contribution in [0.5, 0.6) is 0 Å². The van der Waals surface area contributed by atoms with Gasteiger partial charge in [-0.25, -0.2) is 0 Å². The zero-order valence-electron chi connectivity index (χ0n) is 5.49. The molecule has 0 spiro atoms. The van der Waals surface area contributed by atoms with Gasteiger partial charge in [0.05, 0.1) is 0 Å². The SMILES string of the molecule is O=C1CCC=[N+]2C=CSC12. The van der Waals surface area contributed by atoms with E-state index in [0.29, 0.717) is 5.78 Å². The average molecular weight is 154 g/mol. The summed E-state index contributed by atoms with van der Waals surface area (Å²) < 4.78 is 2.00. The van der Waals surface area contributed by atoms with Gasteiger partial charge in [-0.2, -0.15) is 4.58 Å². The molecule has 0 saturated heterocycles. The second-order valence-corrected chi connectivity index (χ2v) is 3.40. The van der Waals surface area contributed by atoms with Gasteiger partial charge in [-0.1, -0.05) is 0 Å². The smallest absolute Gasteiger partial charge is 0.266 e. The van der Waals surface area contributed by atoms with Crippen LogP contribution < -0.4 is 0 Å². The van der Waals surface area contributed by atoms with Crippen LogP contribution >= 0.6 is 11.8 Å². The third-order valence-corrected chi connectivity index (χ3v) is 2.76.